The summed E-state index contributed by atoms with van der Waals surface area (Å²) in [4.78, 5) is 12.4. The fraction of sp³-hybridized carbons (Fsp3) is 0.400. The number of halogens is 1. The molecule has 0 N–H and O–H groups in total. The molecule has 0 spiro atoms. The van der Waals surface area contributed by atoms with Crippen LogP contribution in [0.2, 0.25) is 0 Å². The molecule has 0 atom stereocenters. The maximum atomic E-state index is 12.9. The number of rotatable bonds is 4. The number of nitriles is 1. The molecule has 0 aromatic heterocycles. The summed E-state index contributed by atoms with van der Waals surface area (Å²) in [6, 6.07) is 5.70. The molecule has 0 saturated carbocycles. The lowest BCUT2D eigenvalue weighted by Gasteiger charge is -2.29. The standard InChI is InChI=1S/C15H17FN3OS/c1-21-11-19(10-17)18-8-6-13(7-9-18)15(20)12-2-4-14(16)5-3-12/h2-5,11,13H,6-9H2,1H3/q+1. The Kier molecular flexibility index (Phi) is 5.34. The Morgan fingerprint density at radius 1 is 1.43 bits per heavy atom. The van der Waals surface area contributed by atoms with Gasteiger partial charge in [0.05, 0.1) is 13.1 Å². The van der Waals surface area contributed by atoms with E-state index in [0.29, 0.717) is 31.5 Å². The zero-order valence-electron chi connectivity index (χ0n) is 11.8. The van der Waals surface area contributed by atoms with Crippen LogP contribution in [0, 0.1) is 23.2 Å². The number of benzene rings is 1. The molecule has 1 aromatic rings. The molecular formula is C15H17FN3OS+. The van der Waals surface area contributed by atoms with Gasteiger partial charge in [-0.1, -0.05) is 16.4 Å². The van der Waals surface area contributed by atoms with Crippen LogP contribution in [-0.4, -0.2) is 40.4 Å². The van der Waals surface area contributed by atoms with Gasteiger partial charge < -0.3 is 0 Å². The molecular weight excluding hydrogens is 289 g/mol. The molecule has 0 aliphatic carbocycles. The number of thioether (sulfide) groups is 1. The molecule has 1 saturated heterocycles. The van der Waals surface area contributed by atoms with Gasteiger partial charge in [-0.25, -0.2) is 9.40 Å². The highest BCUT2D eigenvalue weighted by atomic mass is 32.2. The lowest BCUT2D eigenvalue weighted by molar-refractivity contribution is -0.619. The van der Waals surface area contributed by atoms with Gasteiger partial charge in [0.25, 0.3) is 0 Å². The third-order valence-corrected chi connectivity index (χ3v) is 3.99. The third kappa shape index (κ3) is 3.82. The van der Waals surface area contributed by atoms with Gasteiger partial charge in [0.15, 0.2) is 16.6 Å². The maximum absolute atomic E-state index is 12.9. The van der Waals surface area contributed by atoms with Crippen LogP contribution in [0.1, 0.15) is 23.2 Å². The Morgan fingerprint density at radius 3 is 2.57 bits per heavy atom. The van der Waals surface area contributed by atoms with Crippen molar-refractivity contribution in [2.75, 3.05) is 19.3 Å². The molecule has 4 nitrogen and oxygen atoms in total. The number of Topliss-reactive ketones (excluding diaryl/α,β-unsaturated/α-hetero) is 1. The zero-order chi connectivity index (χ0) is 15.2. The highest BCUT2D eigenvalue weighted by molar-refractivity contribution is 8.11. The lowest BCUT2D eigenvalue weighted by atomic mass is 9.89. The van der Waals surface area contributed by atoms with Crippen LogP contribution in [-0.2, 0) is 0 Å². The molecule has 110 valence electrons. The Bertz CT molecular complexity index is 572. The number of carbonyl (C=O) groups is 1. The average Bonchev–Trinajstić information content (AvgIpc) is 2.53. The van der Waals surface area contributed by atoms with E-state index >= 15 is 0 Å². The van der Waals surface area contributed by atoms with Gasteiger partial charge in [0, 0.05) is 11.5 Å². The summed E-state index contributed by atoms with van der Waals surface area (Å²) in [5.74, 6) is -0.327. The Balaban J connectivity index is 1.98. The van der Waals surface area contributed by atoms with Gasteiger partial charge in [-0.05, 0) is 43.4 Å². The van der Waals surface area contributed by atoms with E-state index in [4.69, 9.17) is 5.26 Å². The summed E-state index contributed by atoms with van der Waals surface area (Å²) >= 11 is 1.47. The molecule has 0 amide bonds. The molecule has 1 aliphatic heterocycles. The molecule has 1 aromatic carbocycles. The second kappa shape index (κ2) is 7.23. The van der Waals surface area contributed by atoms with Crippen molar-refractivity contribution < 1.29 is 13.9 Å². The molecule has 1 aliphatic rings. The number of ketones is 1. The molecule has 21 heavy (non-hydrogen) atoms. The first kappa shape index (κ1) is 15.5. The first-order chi connectivity index (χ1) is 10.2. The number of carbonyl (C=O) groups excluding carboxylic acids is 1. The molecule has 1 heterocycles. The summed E-state index contributed by atoms with van der Waals surface area (Å²) < 4.78 is 14.4. The van der Waals surface area contributed by atoms with Crippen molar-refractivity contribution in [1.29, 1.82) is 5.26 Å². The first-order valence-corrected chi connectivity index (χ1v) is 8.04. The minimum atomic E-state index is -0.335. The summed E-state index contributed by atoms with van der Waals surface area (Å²) in [7, 11) is 0. The van der Waals surface area contributed by atoms with Crippen molar-refractivity contribution >= 4 is 23.1 Å². The van der Waals surface area contributed by atoms with Crippen LogP contribution in [0.5, 0.6) is 0 Å². The van der Waals surface area contributed by atoms with Gasteiger partial charge in [0.2, 0.25) is 0 Å². The van der Waals surface area contributed by atoms with Crippen LogP contribution >= 0.6 is 11.8 Å². The summed E-state index contributed by atoms with van der Waals surface area (Å²) in [6.07, 6.45) is 5.42. The number of nitrogens with zero attached hydrogens (tertiary/aromatic N) is 3. The topological polar surface area (TPSA) is 47.1 Å². The first-order valence-electron chi connectivity index (χ1n) is 6.75. The molecule has 0 radical (unpaired) electrons. The molecule has 2 rings (SSSR count). The molecule has 0 unspecified atom stereocenters. The predicted octanol–water partition coefficient (Wildman–Crippen LogP) is 2.52. The fourth-order valence-corrected chi connectivity index (χ4v) is 2.83. The second-order valence-electron chi connectivity index (χ2n) is 4.88. The van der Waals surface area contributed by atoms with Crippen LogP contribution in [0.3, 0.4) is 0 Å². The van der Waals surface area contributed by atoms with E-state index < -0.39 is 0 Å². The van der Waals surface area contributed by atoms with E-state index in [1.165, 1.54) is 40.7 Å². The van der Waals surface area contributed by atoms with Crippen molar-refractivity contribution in [2.45, 2.75) is 12.8 Å². The van der Waals surface area contributed by atoms with Crippen molar-refractivity contribution in [3.05, 3.63) is 35.6 Å². The van der Waals surface area contributed by atoms with Gasteiger partial charge in [-0.2, -0.15) is 0 Å². The van der Waals surface area contributed by atoms with Gasteiger partial charge in [-0.3, -0.25) is 4.79 Å². The minimum Gasteiger partial charge on any atom is -0.294 e. The smallest absolute Gasteiger partial charge is 0.294 e. The average molecular weight is 306 g/mol. The summed E-state index contributed by atoms with van der Waals surface area (Å²) in [6.45, 7) is 1.34. The normalized spacial score (nSPS) is 16.6. The lowest BCUT2D eigenvalue weighted by Crippen LogP contribution is -2.41. The SMILES string of the molecule is CSC=[N+](C#N)N1CCC(C(=O)c2ccc(F)cc2)CC1. The number of hydrazone groups is 1. The number of hydrazine groups is 1. The van der Waals surface area contributed by atoms with Crippen molar-refractivity contribution in [2.24, 2.45) is 5.92 Å². The Labute approximate surface area is 127 Å². The number of hydrogen-bond acceptors (Lipinski definition) is 4. The van der Waals surface area contributed by atoms with Crippen LogP contribution in [0.4, 0.5) is 4.39 Å². The molecule has 6 heteroatoms. The van der Waals surface area contributed by atoms with E-state index in [9.17, 15) is 9.18 Å². The van der Waals surface area contributed by atoms with Crippen LogP contribution < -0.4 is 0 Å². The predicted molar refractivity (Wildman–Crippen MR) is 80.5 cm³/mol. The Hall–Kier alpha value is -1.87. The summed E-state index contributed by atoms with van der Waals surface area (Å²) in [5, 5.41) is 11.0. The quantitative estimate of drug-likeness (QED) is 0.214. The van der Waals surface area contributed by atoms with E-state index in [-0.39, 0.29) is 17.5 Å². The third-order valence-electron chi connectivity index (χ3n) is 3.58. The molecule has 1 fully saturated rings. The zero-order valence-corrected chi connectivity index (χ0v) is 12.6. The number of hydrogen-bond donors (Lipinski definition) is 0. The van der Waals surface area contributed by atoms with E-state index in [2.05, 4.69) is 6.19 Å². The minimum absolute atomic E-state index is 0.0541. The summed E-state index contributed by atoms with van der Waals surface area (Å²) in [5.41, 5.74) is 2.31. The van der Waals surface area contributed by atoms with E-state index in [1.54, 1.807) is 5.55 Å². The van der Waals surface area contributed by atoms with Crippen molar-refractivity contribution in [1.82, 2.24) is 5.01 Å². The highest BCUT2D eigenvalue weighted by Gasteiger charge is 2.28. The van der Waals surface area contributed by atoms with Gasteiger partial charge >= 0.3 is 6.19 Å². The van der Waals surface area contributed by atoms with Crippen molar-refractivity contribution in [3.8, 4) is 6.19 Å². The largest absolute Gasteiger partial charge is 0.485 e. The maximum Gasteiger partial charge on any atom is 0.485 e. The van der Waals surface area contributed by atoms with Crippen LogP contribution in [0.15, 0.2) is 24.3 Å². The second-order valence-corrected chi connectivity index (χ2v) is 5.57. The van der Waals surface area contributed by atoms with E-state index in [1.807, 2.05) is 11.3 Å². The Morgan fingerprint density at radius 2 is 2.05 bits per heavy atom. The van der Waals surface area contributed by atoms with Gasteiger partial charge in [0.1, 0.15) is 5.82 Å². The van der Waals surface area contributed by atoms with Crippen LogP contribution in [0.25, 0.3) is 0 Å². The highest BCUT2D eigenvalue weighted by Crippen LogP contribution is 2.22. The number of piperidine rings is 1. The van der Waals surface area contributed by atoms with Gasteiger partial charge in [-0.15, -0.1) is 0 Å². The molecule has 0 bridgehead atoms. The van der Waals surface area contributed by atoms with Crippen molar-refractivity contribution in [3.63, 3.8) is 0 Å². The monoisotopic (exact) mass is 306 g/mol. The fourth-order valence-electron chi connectivity index (χ4n) is 2.45. The van der Waals surface area contributed by atoms with E-state index in [0.717, 1.165) is 0 Å².